The molecule has 0 radical (unpaired) electrons. The molecule has 0 saturated heterocycles. The molecule has 2 aromatic rings. The van der Waals surface area contributed by atoms with Gasteiger partial charge in [0, 0.05) is 23.3 Å². The van der Waals surface area contributed by atoms with E-state index in [9.17, 15) is 4.39 Å². The molecule has 0 aliphatic carbocycles. The third-order valence-electron chi connectivity index (χ3n) is 4.00. The fraction of sp³-hybridized carbons (Fsp3) is 0.294. The summed E-state index contributed by atoms with van der Waals surface area (Å²) in [4.78, 5) is 2.16. The molecule has 0 aromatic heterocycles. The van der Waals surface area contributed by atoms with Crippen LogP contribution in [0.1, 0.15) is 37.1 Å². The number of nitrogens with zero attached hydrogens (tertiary/aromatic N) is 1. The van der Waals surface area contributed by atoms with Crippen molar-refractivity contribution in [3.63, 3.8) is 0 Å². The molecule has 3 heteroatoms. The number of halogens is 1. The zero-order valence-corrected chi connectivity index (χ0v) is 12.2. The number of nitrogens with two attached hydrogens (primary N) is 1. The van der Waals surface area contributed by atoms with E-state index in [1.807, 2.05) is 50.4 Å². The van der Waals surface area contributed by atoms with Crippen LogP contribution in [0.5, 0.6) is 0 Å². The van der Waals surface area contributed by atoms with Crippen LogP contribution in [0.4, 0.5) is 10.1 Å². The van der Waals surface area contributed by atoms with Crippen molar-refractivity contribution in [1.29, 1.82) is 0 Å². The molecule has 106 valence electrons. The van der Waals surface area contributed by atoms with Crippen LogP contribution in [0.3, 0.4) is 0 Å². The molecule has 2 aromatic carbocycles. The zero-order chi connectivity index (χ0) is 14.7. The van der Waals surface area contributed by atoms with Gasteiger partial charge in [-0.05, 0) is 44.7 Å². The Hall–Kier alpha value is -1.87. The molecule has 2 atom stereocenters. The number of hydrogen-bond donors (Lipinski definition) is 1. The highest BCUT2D eigenvalue weighted by Crippen LogP contribution is 2.29. The van der Waals surface area contributed by atoms with Gasteiger partial charge in [0.05, 0.1) is 0 Å². The van der Waals surface area contributed by atoms with Gasteiger partial charge in [0.1, 0.15) is 5.82 Å². The number of benzene rings is 2. The number of nitrogen functional groups attached to an aromatic ring is 1. The first-order chi connectivity index (χ1) is 9.50. The van der Waals surface area contributed by atoms with Crippen molar-refractivity contribution in [3.8, 4) is 0 Å². The smallest absolute Gasteiger partial charge is 0.127 e. The van der Waals surface area contributed by atoms with Crippen LogP contribution in [0.15, 0.2) is 48.5 Å². The van der Waals surface area contributed by atoms with Gasteiger partial charge in [-0.2, -0.15) is 0 Å². The highest BCUT2D eigenvalue weighted by atomic mass is 19.1. The second kappa shape index (κ2) is 6.06. The van der Waals surface area contributed by atoms with Crippen molar-refractivity contribution in [1.82, 2.24) is 4.90 Å². The van der Waals surface area contributed by atoms with Crippen LogP contribution in [-0.4, -0.2) is 11.9 Å². The largest absolute Gasteiger partial charge is 0.399 e. The third kappa shape index (κ3) is 2.99. The number of hydrogen-bond acceptors (Lipinski definition) is 2. The predicted molar refractivity (Wildman–Crippen MR) is 81.8 cm³/mol. The lowest BCUT2D eigenvalue weighted by Gasteiger charge is -2.31. The van der Waals surface area contributed by atoms with Gasteiger partial charge in [0.25, 0.3) is 0 Å². The average Bonchev–Trinajstić information content (AvgIpc) is 2.46. The number of rotatable bonds is 4. The lowest BCUT2D eigenvalue weighted by atomic mass is 10.0. The van der Waals surface area contributed by atoms with E-state index in [1.54, 1.807) is 6.07 Å². The SMILES string of the molecule is CC(c1ccc(N)cc1)N(C)C(C)c1ccccc1F. The van der Waals surface area contributed by atoms with Crippen LogP contribution in [0, 0.1) is 5.82 Å². The first-order valence-corrected chi connectivity index (χ1v) is 6.82. The minimum absolute atomic E-state index is 0.00348. The molecule has 0 bridgehead atoms. The predicted octanol–water partition coefficient (Wildman–Crippen LogP) is 4.16. The van der Waals surface area contributed by atoms with Gasteiger partial charge in [-0.15, -0.1) is 0 Å². The van der Waals surface area contributed by atoms with Crippen LogP contribution in [0.2, 0.25) is 0 Å². The maximum atomic E-state index is 13.9. The Morgan fingerprint density at radius 3 is 2.15 bits per heavy atom. The Balaban J connectivity index is 2.20. The van der Waals surface area contributed by atoms with Crippen molar-refractivity contribution in [3.05, 3.63) is 65.5 Å². The van der Waals surface area contributed by atoms with Crippen molar-refractivity contribution in [2.24, 2.45) is 0 Å². The third-order valence-corrected chi connectivity index (χ3v) is 4.00. The molecule has 0 fully saturated rings. The fourth-order valence-corrected chi connectivity index (χ4v) is 2.38. The fourth-order valence-electron chi connectivity index (χ4n) is 2.38. The van der Waals surface area contributed by atoms with Crippen LogP contribution < -0.4 is 5.73 Å². The van der Waals surface area contributed by atoms with E-state index in [0.717, 1.165) is 11.3 Å². The van der Waals surface area contributed by atoms with E-state index < -0.39 is 0 Å². The van der Waals surface area contributed by atoms with Gasteiger partial charge < -0.3 is 5.73 Å². The van der Waals surface area contributed by atoms with Crippen molar-refractivity contribution in [2.75, 3.05) is 12.8 Å². The Bertz CT molecular complexity index is 565. The van der Waals surface area contributed by atoms with E-state index in [0.29, 0.717) is 0 Å². The Morgan fingerprint density at radius 1 is 0.950 bits per heavy atom. The quantitative estimate of drug-likeness (QED) is 0.847. The maximum absolute atomic E-state index is 13.9. The van der Waals surface area contributed by atoms with E-state index in [2.05, 4.69) is 11.8 Å². The van der Waals surface area contributed by atoms with Gasteiger partial charge >= 0.3 is 0 Å². The monoisotopic (exact) mass is 272 g/mol. The first kappa shape index (κ1) is 14.5. The number of anilines is 1. The summed E-state index contributed by atoms with van der Waals surface area (Å²) in [5.74, 6) is -0.156. The summed E-state index contributed by atoms with van der Waals surface area (Å²) in [5.41, 5.74) is 8.36. The Morgan fingerprint density at radius 2 is 1.55 bits per heavy atom. The topological polar surface area (TPSA) is 29.3 Å². The van der Waals surface area contributed by atoms with E-state index in [4.69, 9.17) is 5.73 Å². The minimum atomic E-state index is -0.156. The van der Waals surface area contributed by atoms with Gasteiger partial charge in [0.2, 0.25) is 0 Å². The molecular formula is C17H21FN2. The van der Waals surface area contributed by atoms with Gasteiger partial charge in [0.15, 0.2) is 0 Å². The van der Waals surface area contributed by atoms with Crippen molar-refractivity contribution in [2.45, 2.75) is 25.9 Å². The normalized spacial score (nSPS) is 14.2. The summed E-state index contributed by atoms with van der Waals surface area (Å²) in [6.07, 6.45) is 0. The van der Waals surface area contributed by atoms with Crippen molar-refractivity contribution < 1.29 is 4.39 Å². The van der Waals surface area contributed by atoms with Crippen LogP contribution in [0.25, 0.3) is 0 Å². The summed E-state index contributed by atoms with van der Waals surface area (Å²) in [5, 5.41) is 0. The first-order valence-electron chi connectivity index (χ1n) is 6.82. The van der Waals surface area contributed by atoms with Crippen LogP contribution >= 0.6 is 0 Å². The Labute approximate surface area is 120 Å². The minimum Gasteiger partial charge on any atom is -0.399 e. The summed E-state index contributed by atoms with van der Waals surface area (Å²) in [6, 6.07) is 15.0. The maximum Gasteiger partial charge on any atom is 0.127 e. The van der Waals surface area contributed by atoms with E-state index in [-0.39, 0.29) is 17.9 Å². The lowest BCUT2D eigenvalue weighted by molar-refractivity contribution is 0.195. The molecule has 0 spiro atoms. The van der Waals surface area contributed by atoms with Crippen LogP contribution in [-0.2, 0) is 0 Å². The molecule has 2 N–H and O–H groups in total. The molecule has 20 heavy (non-hydrogen) atoms. The summed E-state index contributed by atoms with van der Waals surface area (Å²) < 4.78 is 13.9. The molecule has 2 rings (SSSR count). The molecule has 0 saturated carbocycles. The Kier molecular flexibility index (Phi) is 4.40. The molecule has 2 nitrogen and oxygen atoms in total. The summed E-state index contributed by atoms with van der Waals surface area (Å²) in [7, 11) is 2.01. The molecule has 0 heterocycles. The highest BCUT2D eigenvalue weighted by molar-refractivity contribution is 5.40. The van der Waals surface area contributed by atoms with E-state index in [1.165, 1.54) is 11.6 Å². The molecular weight excluding hydrogens is 251 g/mol. The molecule has 0 aliphatic heterocycles. The van der Waals surface area contributed by atoms with Gasteiger partial charge in [-0.25, -0.2) is 4.39 Å². The average molecular weight is 272 g/mol. The van der Waals surface area contributed by atoms with Gasteiger partial charge in [-0.3, -0.25) is 4.90 Å². The van der Waals surface area contributed by atoms with Crippen molar-refractivity contribution >= 4 is 5.69 Å². The zero-order valence-electron chi connectivity index (χ0n) is 12.2. The highest BCUT2D eigenvalue weighted by Gasteiger charge is 2.20. The van der Waals surface area contributed by atoms with Gasteiger partial charge in [-0.1, -0.05) is 30.3 Å². The summed E-state index contributed by atoms with van der Waals surface area (Å²) in [6.45, 7) is 4.13. The molecule has 0 amide bonds. The summed E-state index contributed by atoms with van der Waals surface area (Å²) >= 11 is 0. The molecule has 0 aliphatic rings. The lowest BCUT2D eigenvalue weighted by Crippen LogP contribution is -2.26. The second-order valence-electron chi connectivity index (χ2n) is 5.21. The van der Waals surface area contributed by atoms with E-state index >= 15 is 0 Å². The molecule has 2 unspecified atom stereocenters. The second-order valence-corrected chi connectivity index (χ2v) is 5.21. The standard InChI is InChI=1S/C17H21FN2/c1-12(14-8-10-15(19)11-9-14)20(3)13(2)16-6-4-5-7-17(16)18/h4-13H,19H2,1-3H3.